The standard InChI is InChI=1S/C25H20/c1-19-9-11-20(12-10-19)13-14-21-15-17-23(18-16-21)25-8-4-6-22-5-2-3-7-24(22)25/h2-18H,1H3. The van der Waals surface area contributed by atoms with Crippen LogP contribution in [0, 0.1) is 6.92 Å². The van der Waals surface area contributed by atoms with Crippen LogP contribution in [0.15, 0.2) is 91.0 Å². The highest BCUT2D eigenvalue weighted by molar-refractivity contribution is 5.96. The maximum atomic E-state index is 2.20. The summed E-state index contributed by atoms with van der Waals surface area (Å²) >= 11 is 0. The number of fused-ring (bicyclic) bond motifs is 1. The lowest BCUT2D eigenvalue weighted by atomic mass is 9.97. The van der Waals surface area contributed by atoms with Crippen LogP contribution in [0.4, 0.5) is 0 Å². The number of rotatable bonds is 3. The second kappa shape index (κ2) is 6.78. The summed E-state index contributed by atoms with van der Waals surface area (Å²) in [6.45, 7) is 2.11. The van der Waals surface area contributed by atoms with Crippen molar-refractivity contribution < 1.29 is 0 Å². The van der Waals surface area contributed by atoms with E-state index in [1.165, 1.54) is 38.6 Å². The molecule has 0 spiro atoms. The molecule has 25 heavy (non-hydrogen) atoms. The fraction of sp³-hybridized carbons (Fsp3) is 0.0400. The van der Waals surface area contributed by atoms with Crippen LogP contribution in [0.5, 0.6) is 0 Å². The molecule has 4 aromatic rings. The van der Waals surface area contributed by atoms with Crippen LogP contribution < -0.4 is 0 Å². The third-order valence-corrected chi connectivity index (χ3v) is 4.56. The largest absolute Gasteiger partial charge is 0.0616 e. The molecule has 0 aliphatic carbocycles. The number of hydrogen-bond donors (Lipinski definition) is 0. The van der Waals surface area contributed by atoms with E-state index in [9.17, 15) is 0 Å². The van der Waals surface area contributed by atoms with Gasteiger partial charge < -0.3 is 0 Å². The van der Waals surface area contributed by atoms with Crippen LogP contribution in [-0.4, -0.2) is 0 Å². The lowest BCUT2D eigenvalue weighted by Gasteiger charge is -2.07. The van der Waals surface area contributed by atoms with Crippen LogP contribution >= 0.6 is 0 Å². The first-order valence-corrected chi connectivity index (χ1v) is 8.62. The second-order valence-corrected chi connectivity index (χ2v) is 6.39. The molecule has 0 heteroatoms. The Morgan fingerprint density at radius 3 is 1.88 bits per heavy atom. The van der Waals surface area contributed by atoms with Crippen LogP contribution in [0.1, 0.15) is 16.7 Å². The van der Waals surface area contributed by atoms with Crippen molar-refractivity contribution >= 4 is 22.9 Å². The van der Waals surface area contributed by atoms with Gasteiger partial charge in [0.15, 0.2) is 0 Å². The van der Waals surface area contributed by atoms with E-state index in [1.54, 1.807) is 0 Å². The second-order valence-electron chi connectivity index (χ2n) is 6.39. The number of hydrogen-bond acceptors (Lipinski definition) is 0. The predicted octanol–water partition coefficient (Wildman–Crippen LogP) is 6.99. The van der Waals surface area contributed by atoms with Crippen LogP contribution in [0.2, 0.25) is 0 Å². The Bertz CT molecular complexity index is 1010. The summed E-state index contributed by atoms with van der Waals surface area (Å²) in [7, 11) is 0. The van der Waals surface area contributed by atoms with Gasteiger partial charge in [0.2, 0.25) is 0 Å². The minimum absolute atomic E-state index is 1.21. The zero-order valence-electron chi connectivity index (χ0n) is 14.3. The van der Waals surface area contributed by atoms with Crippen molar-refractivity contribution in [3.63, 3.8) is 0 Å². The van der Waals surface area contributed by atoms with Gasteiger partial charge in [0.1, 0.15) is 0 Å². The van der Waals surface area contributed by atoms with Gasteiger partial charge in [0.25, 0.3) is 0 Å². The van der Waals surface area contributed by atoms with Gasteiger partial charge in [-0.1, -0.05) is 109 Å². The van der Waals surface area contributed by atoms with Crippen molar-refractivity contribution in [2.45, 2.75) is 6.92 Å². The van der Waals surface area contributed by atoms with Crippen LogP contribution in [-0.2, 0) is 0 Å². The third-order valence-electron chi connectivity index (χ3n) is 4.56. The van der Waals surface area contributed by atoms with Crippen molar-refractivity contribution in [2.75, 3.05) is 0 Å². The quantitative estimate of drug-likeness (QED) is 0.357. The first-order valence-electron chi connectivity index (χ1n) is 8.62. The van der Waals surface area contributed by atoms with Crippen molar-refractivity contribution in [3.8, 4) is 11.1 Å². The Kier molecular flexibility index (Phi) is 4.18. The number of aryl methyl sites for hydroxylation is 1. The van der Waals surface area contributed by atoms with E-state index in [-0.39, 0.29) is 0 Å². The van der Waals surface area contributed by atoms with E-state index in [4.69, 9.17) is 0 Å². The van der Waals surface area contributed by atoms with Crippen molar-refractivity contribution in [3.05, 3.63) is 108 Å². The molecule has 0 radical (unpaired) electrons. The van der Waals surface area contributed by atoms with E-state index in [2.05, 4.69) is 110 Å². The SMILES string of the molecule is Cc1ccc(C=Cc2ccc(-c3cccc4ccccc34)cc2)cc1. The lowest BCUT2D eigenvalue weighted by molar-refractivity contribution is 1.46. The molecule has 0 bridgehead atoms. The minimum atomic E-state index is 1.21. The average Bonchev–Trinajstić information content (AvgIpc) is 2.68. The van der Waals surface area contributed by atoms with Crippen LogP contribution in [0.25, 0.3) is 34.1 Å². The predicted molar refractivity (Wildman–Crippen MR) is 109 cm³/mol. The Hall–Kier alpha value is -3.12. The van der Waals surface area contributed by atoms with Gasteiger partial charge in [-0.2, -0.15) is 0 Å². The molecule has 4 aromatic carbocycles. The summed E-state index contributed by atoms with van der Waals surface area (Å²) in [5.41, 5.74) is 6.27. The van der Waals surface area contributed by atoms with Crippen LogP contribution in [0.3, 0.4) is 0 Å². The minimum Gasteiger partial charge on any atom is -0.0616 e. The smallest absolute Gasteiger partial charge is 0.0105 e. The highest BCUT2D eigenvalue weighted by Gasteiger charge is 2.02. The molecule has 120 valence electrons. The maximum Gasteiger partial charge on any atom is -0.0105 e. The molecular formula is C25H20. The third kappa shape index (κ3) is 3.39. The van der Waals surface area contributed by atoms with Gasteiger partial charge in [-0.25, -0.2) is 0 Å². The normalized spacial score (nSPS) is 11.2. The fourth-order valence-electron chi connectivity index (χ4n) is 3.12. The molecule has 0 aromatic heterocycles. The molecule has 0 aliphatic heterocycles. The van der Waals surface area contributed by atoms with Crippen molar-refractivity contribution in [1.82, 2.24) is 0 Å². The maximum absolute atomic E-state index is 2.20. The van der Waals surface area contributed by atoms with E-state index in [1.807, 2.05) is 0 Å². The molecular weight excluding hydrogens is 300 g/mol. The van der Waals surface area contributed by atoms with E-state index >= 15 is 0 Å². The Morgan fingerprint density at radius 2 is 1.16 bits per heavy atom. The number of benzene rings is 4. The first-order chi connectivity index (χ1) is 12.3. The van der Waals surface area contributed by atoms with Gasteiger partial charge in [-0.3, -0.25) is 0 Å². The van der Waals surface area contributed by atoms with Crippen molar-refractivity contribution in [2.24, 2.45) is 0 Å². The molecule has 0 N–H and O–H groups in total. The summed E-state index contributed by atoms with van der Waals surface area (Å²) < 4.78 is 0. The van der Waals surface area contributed by atoms with E-state index in [0.29, 0.717) is 0 Å². The molecule has 0 saturated carbocycles. The fourth-order valence-corrected chi connectivity index (χ4v) is 3.12. The van der Waals surface area contributed by atoms with Gasteiger partial charge in [-0.05, 0) is 39.9 Å². The summed E-state index contributed by atoms with van der Waals surface area (Å²) in [6.07, 6.45) is 4.32. The average molecular weight is 320 g/mol. The monoisotopic (exact) mass is 320 g/mol. The summed E-state index contributed by atoms with van der Waals surface area (Å²) in [6, 6.07) is 32.4. The lowest BCUT2D eigenvalue weighted by Crippen LogP contribution is -1.82. The van der Waals surface area contributed by atoms with Gasteiger partial charge in [0, 0.05) is 0 Å². The molecule has 4 rings (SSSR count). The Morgan fingerprint density at radius 1 is 0.560 bits per heavy atom. The van der Waals surface area contributed by atoms with Gasteiger partial charge >= 0.3 is 0 Å². The molecule has 0 atom stereocenters. The summed E-state index contributed by atoms with van der Waals surface area (Å²) in [5.74, 6) is 0. The topological polar surface area (TPSA) is 0 Å². The molecule has 0 unspecified atom stereocenters. The van der Waals surface area contributed by atoms with E-state index in [0.717, 1.165) is 0 Å². The Labute approximate surface area is 149 Å². The molecule has 0 saturated heterocycles. The van der Waals surface area contributed by atoms with Gasteiger partial charge in [0.05, 0.1) is 0 Å². The Balaban J connectivity index is 1.62. The van der Waals surface area contributed by atoms with Crippen molar-refractivity contribution in [1.29, 1.82) is 0 Å². The zero-order chi connectivity index (χ0) is 17.1. The molecule has 0 fully saturated rings. The zero-order valence-corrected chi connectivity index (χ0v) is 14.3. The molecule has 0 aliphatic rings. The molecule has 0 heterocycles. The first kappa shape index (κ1) is 15.4. The van der Waals surface area contributed by atoms with Gasteiger partial charge in [-0.15, -0.1) is 0 Å². The molecule has 0 nitrogen and oxygen atoms in total. The molecule has 0 amide bonds. The van der Waals surface area contributed by atoms with E-state index < -0.39 is 0 Å². The highest BCUT2D eigenvalue weighted by atomic mass is 14.1. The summed E-state index contributed by atoms with van der Waals surface area (Å²) in [5, 5.41) is 2.58. The summed E-state index contributed by atoms with van der Waals surface area (Å²) in [4.78, 5) is 0. The highest BCUT2D eigenvalue weighted by Crippen LogP contribution is 2.28.